The third-order valence-electron chi connectivity index (χ3n) is 1.04. The topological polar surface area (TPSA) is 55.8 Å². The number of rotatable bonds is 6. The Morgan fingerprint density at radius 2 is 1.92 bits per heavy atom. The van der Waals surface area contributed by atoms with Crippen molar-refractivity contribution in [1.29, 1.82) is 0 Å². The molecular weight excluding hydrogens is 194 g/mol. The fraction of sp³-hybridized carbons (Fsp3) is 1.00. The summed E-state index contributed by atoms with van der Waals surface area (Å²) < 4.78 is 19.9. The van der Waals surface area contributed by atoms with E-state index in [2.05, 4.69) is 9.05 Å². The predicted octanol–water partition coefficient (Wildman–Crippen LogP) is 0.756. The Morgan fingerprint density at radius 1 is 1.33 bits per heavy atom. The summed E-state index contributed by atoms with van der Waals surface area (Å²) in [4.78, 5) is 8.85. The normalized spacial score (nSPS) is 14.9. The van der Waals surface area contributed by atoms with Gasteiger partial charge in [0, 0.05) is 0 Å². The lowest BCUT2D eigenvalue weighted by Gasteiger charge is -2.09. The molecule has 0 aromatic carbocycles. The maximum absolute atomic E-state index is 10.8. The first-order valence-electron chi connectivity index (χ1n) is 3.74. The van der Waals surface area contributed by atoms with Crippen molar-refractivity contribution in [3.8, 4) is 0 Å². The molecule has 4 nitrogen and oxygen atoms in total. The number of hydrogen-bond donors (Lipinski definition) is 1. The van der Waals surface area contributed by atoms with E-state index in [1.807, 2.05) is 6.92 Å². The molecule has 0 saturated heterocycles. The van der Waals surface area contributed by atoms with Crippen molar-refractivity contribution in [2.45, 2.75) is 26.7 Å². The molecule has 12 heavy (non-hydrogen) atoms. The zero-order valence-electron chi connectivity index (χ0n) is 6.95. The molecule has 0 rings (SSSR count). The molecule has 0 radical (unpaired) electrons. The lowest BCUT2D eigenvalue weighted by atomic mass is 10.4. The van der Waals surface area contributed by atoms with Gasteiger partial charge in [0.1, 0.15) is 0 Å². The SMILES string of the molecule is CCCCOP(=O)(O)OCC.[AlH3]. The molecule has 0 heterocycles. The van der Waals surface area contributed by atoms with Crippen LogP contribution in [-0.4, -0.2) is 35.5 Å². The van der Waals surface area contributed by atoms with Crippen molar-refractivity contribution in [3.05, 3.63) is 0 Å². The summed E-state index contributed by atoms with van der Waals surface area (Å²) in [5, 5.41) is 0. The highest BCUT2D eigenvalue weighted by Crippen LogP contribution is 2.42. The first kappa shape index (κ1) is 15.1. The van der Waals surface area contributed by atoms with E-state index >= 15 is 0 Å². The standard InChI is InChI=1S/C6H15O4P.Al.3H/c1-3-5-6-10-11(7,8)9-4-2;;;;/h3-6H2,1-2H3,(H,7,8);;;;. The van der Waals surface area contributed by atoms with Crippen LogP contribution in [0.2, 0.25) is 0 Å². The van der Waals surface area contributed by atoms with Gasteiger partial charge in [0.2, 0.25) is 0 Å². The quantitative estimate of drug-likeness (QED) is 0.401. The van der Waals surface area contributed by atoms with E-state index in [4.69, 9.17) is 4.89 Å². The number of unbranched alkanes of at least 4 members (excludes halogenated alkanes) is 1. The van der Waals surface area contributed by atoms with Crippen LogP contribution in [0.5, 0.6) is 0 Å². The van der Waals surface area contributed by atoms with Gasteiger partial charge < -0.3 is 4.89 Å². The second kappa shape index (κ2) is 8.25. The van der Waals surface area contributed by atoms with Gasteiger partial charge >= 0.3 is 7.82 Å². The zero-order valence-corrected chi connectivity index (χ0v) is 7.84. The third-order valence-corrected chi connectivity index (χ3v) is 2.14. The third kappa shape index (κ3) is 8.74. The Labute approximate surface area is 84.0 Å². The Balaban J connectivity index is 0. The minimum absolute atomic E-state index is 0. The zero-order chi connectivity index (χ0) is 8.74. The number of phosphoric acid groups is 1. The monoisotopic (exact) mass is 212 g/mol. The molecule has 0 saturated carbocycles. The van der Waals surface area contributed by atoms with E-state index in [-0.39, 0.29) is 30.6 Å². The Kier molecular flexibility index (Phi) is 10.4. The van der Waals surface area contributed by atoms with E-state index < -0.39 is 7.82 Å². The van der Waals surface area contributed by atoms with E-state index in [0.29, 0.717) is 0 Å². The van der Waals surface area contributed by atoms with Gasteiger partial charge in [-0.15, -0.1) is 0 Å². The second-order valence-corrected chi connectivity index (χ2v) is 3.53. The van der Waals surface area contributed by atoms with E-state index in [1.165, 1.54) is 0 Å². The molecule has 1 N–H and O–H groups in total. The lowest BCUT2D eigenvalue weighted by Crippen LogP contribution is -1.96. The minimum atomic E-state index is -3.72. The summed E-state index contributed by atoms with van der Waals surface area (Å²) in [6.45, 7) is 4.10. The Bertz CT molecular complexity index is 142. The van der Waals surface area contributed by atoms with Gasteiger partial charge in [0.25, 0.3) is 0 Å². The average molecular weight is 212 g/mol. The molecule has 0 amide bonds. The van der Waals surface area contributed by atoms with Crippen LogP contribution in [0.1, 0.15) is 26.7 Å². The molecule has 0 aliphatic rings. The summed E-state index contributed by atoms with van der Waals surface area (Å²) in [7, 11) is -3.72. The molecule has 0 aliphatic carbocycles. The molecule has 6 heteroatoms. The number of hydrogen-bond acceptors (Lipinski definition) is 3. The van der Waals surface area contributed by atoms with Gasteiger partial charge in [0.05, 0.1) is 13.2 Å². The first-order chi connectivity index (χ1) is 5.12. The van der Waals surface area contributed by atoms with Crippen LogP contribution in [0, 0.1) is 0 Å². The summed E-state index contributed by atoms with van der Waals surface area (Å²) in [5.74, 6) is 0. The van der Waals surface area contributed by atoms with Crippen molar-refractivity contribution in [3.63, 3.8) is 0 Å². The lowest BCUT2D eigenvalue weighted by molar-refractivity contribution is 0.153. The average Bonchev–Trinajstić information content (AvgIpc) is 1.87. The van der Waals surface area contributed by atoms with Crippen molar-refractivity contribution in [2.24, 2.45) is 0 Å². The van der Waals surface area contributed by atoms with Crippen LogP contribution in [0.25, 0.3) is 0 Å². The van der Waals surface area contributed by atoms with E-state index in [1.54, 1.807) is 6.92 Å². The summed E-state index contributed by atoms with van der Waals surface area (Å²) in [6.07, 6.45) is 1.71. The second-order valence-electron chi connectivity index (χ2n) is 2.07. The predicted molar refractivity (Wildman–Crippen MR) is 52.3 cm³/mol. The number of phosphoric ester groups is 1. The highest BCUT2D eigenvalue weighted by molar-refractivity contribution is 7.47. The van der Waals surface area contributed by atoms with Gasteiger partial charge in [-0.25, -0.2) is 4.57 Å². The molecule has 74 valence electrons. The molecule has 0 fully saturated rings. The van der Waals surface area contributed by atoms with Crippen LogP contribution < -0.4 is 0 Å². The largest absolute Gasteiger partial charge is 0.472 e. The van der Waals surface area contributed by atoms with Crippen LogP contribution in [-0.2, 0) is 13.6 Å². The fourth-order valence-corrected chi connectivity index (χ4v) is 1.29. The van der Waals surface area contributed by atoms with Crippen LogP contribution >= 0.6 is 7.82 Å². The first-order valence-corrected chi connectivity index (χ1v) is 5.23. The molecular formula is C6H18AlO4P. The van der Waals surface area contributed by atoms with Gasteiger partial charge in [0.15, 0.2) is 17.4 Å². The Hall–Kier alpha value is 0.642. The molecule has 1 atom stereocenters. The van der Waals surface area contributed by atoms with Crippen molar-refractivity contribution in [2.75, 3.05) is 13.2 Å². The van der Waals surface area contributed by atoms with Crippen molar-refractivity contribution in [1.82, 2.24) is 0 Å². The van der Waals surface area contributed by atoms with Crippen LogP contribution in [0.3, 0.4) is 0 Å². The molecule has 0 spiro atoms. The minimum Gasteiger partial charge on any atom is -0.302 e. The molecule has 0 bridgehead atoms. The van der Waals surface area contributed by atoms with Crippen LogP contribution in [0.15, 0.2) is 0 Å². The van der Waals surface area contributed by atoms with Gasteiger partial charge in [-0.3, -0.25) is 9.05 Å². The van der Waals surface area contributed by atoms with E-state index in [9.17, 15) is 4.57 Å². The van der Waals surface area contributed by atoms with Gasteiger partial charge in [-0.2, -0.15) is 0 Å². The maximum Gasteiger partial charge on any atom is 0.472 e. The summed E-state index contributed by atoms with van der Waals surface area (Å²) in [5.41, 5.74) is 0. The summed E-state index contributed by atoms with van der Waals surface area (Å²) in [6, 6.07) is 0. The van der Waals surface area contributed by atoms with E-state index in [0.717, 1.165) is 12.8 Å². The van der Waals surface area contributed by atoms with Crippen LogP contribution in [0.4, 0.5) is 0 Å². The highest BCUT2D eigenvalue weighted by Gasteiger charge is 2.18. The smallest absolute Gasteiger partial charge is 0.302 e. The van der Waals surface area contributed by atoms with Gasteiger partial charge in [-0.1, -0.05) is 13.3 Å². The van der Waals surface area contributed by atoms with Gasteiger partial charge in [-0.05, 0) is 13.3 Å². The molecule has 0 aliphatic heterocycles. The van der Waals surface area contributed by atoms with Crippen molar-refractivity contribution >= 4 is 25.2 Å². The van der Waals surface area contributed by atoms with Crippen molar-refractivity contribution < 1.29 is 18.5 Å². The molecule has 0 aromatic rings. The Morgan fingerprint density at radius 3 is 2.33 bits per heavy atom. The molecule has 1 unspecified atom stereocenters. The maximum atomic E-state index is 10.8. The fourth-order valence-electron chi connectivity index (χ4n) is 0.525. The highest BCUT2D eigenvalue weighted by atomic mass is 31.2. The summed E-state index contributed by atoms with van der Waals surface area (Å²) >= 11 is 0. The molecule has 0 aromatic heterocycles.